The molecule has 0 aliphatic rings. The van der Waals surface area contributed by atoms with Crippen molar-refractivity contribution in [2.45, 2.75) is 117 Å². The Hall–Kier alpha value is -0.536. The number of para-hydroxylation sites is 2. The Kier molecular flexibility index (Phi) is 21.6. The van der Waals surface area contributed by atoms with Gasteiger partial charge in [-0.05, 0) is 72.6 Å². The van der Waals surface area contributed by atoms with Gasteiger partial charge in [0.15, 0.2) is 0 Å². The highest BCUT2D eigenvalue weighted by Gasteiger charge is 2.53. The Labute approximate surface area is 352 Å². The molecule has 4 aromatic rings. The van der Waals surface area contributed by atoms with E-state index in [1.807, 2.05) is 31.4 Å². The lowest BCUT2D eigenvalue weighted by Gasteiger charge is -2.37. The summed E-state index contributed by atoms with van der Waals surface area (Å²) in [5, 5.41) is 2.24. The zero-order chi connectivity index (χ0) is 39.5. The molecule has 0 aliphatic heterocycles. The SMILES string of the molecule is CCCO[Si](OCCC)(OCCC)C(C)C(CSSSCC(c1nc2ccccc2s1)C(C)[Si](OCCC)(OCCC)OCCC)c1nc2ccccc2s1. The molecule has 0 amide bonds. The van der Waals surface area contributed by atoms with Crippen LogP contribution in [-0.4, -0.2) is 78.7 Å². The smallest absolute Gasteiger partial charge is 0.373 e. The van der Waals surface area contributed by atoms with Crippen LogP contribution in [0.2, 0.25) is 11.1 Å². The second-order valence-corrected chi connectivity index (χ2v) is 26.2. The van der Waals surface area contributed by atoms with Gasteiger partial charge in [0, 0.05) is 74.1 Å². The van der Waals surface area contributed by atoms with E-state index in [9.17, 15) is 0 Å². The van der Waals surface area contributed by atoms with Crippen LogP contribution >= 0.6 is 54.1 Å². The molecule has 2 aromatic heterocycles. The predicted octanol–water partition coefficient (Wildman–Crippen LogP) is 13.0. The van der Waals surface area contributed by atoms with Crippen molar-refractivity contribution in [2.75, 3.05) is 51.1 Å². The molecule has 4 rings (SSSR count). The standard InChI is InChI=1S/C40H64N2O6S5Si2/c1-9-23-43-54(44-24-10-2,45-25-11-3)31(7)33(39-41-35-19-15-17-21-37(35)51-39)29-49-53-50-30-34(40-42-36-20-16-18-22-38(36)52-40)32(8)55(46-26-12-4,47-27-13-5)48-28-14-6/h15-22,31-34H,9-14,23-30H2,1-8H3. The van der Waals surface area contributed by atoms with Crippen LogP contribution in [0.15, 0.2) is 48.5 Å². The normalized spacial score (nSPS) is 14.8. The van der Waals surface area contributed by atoms with Crippen molar-refractivity contribution in [3.63, 3.8) is 0 Å². The molecule has 4 atom stereocenters. The topological polar surface area (TPSA) is 81.2 Å². The Morgan fingerprint density at radius 2 is 0.818 bits per heavy atom. The quantitative estimate of drug-likeness (QED) is 0.0285. The second-order valence-electron chi connectivity index (χ2n) is 13.8. The Bertz CT molecular complexity index is 1420. The Balaban J connectivity index is 1.61. The number of hydrogen-bond donors (Lipinski definition) is 0. The highest BCUT2D eigenvalue weighted by molar-refractivity contribution is 9.09. The molecular formula is C40H64N2O6S5Si2. The molecule has 0 bridgehead atoms. The van der Waals surface area contributed by atoms with Gasteiger partial charge in [-0.15, -0.1) is 22.7 Å². The average Bonchev–Trinajstić information content (AvgIpc) is 3.84. The number of aromatic nitrogens is 2. The van der Waals surface area contributed by atoms with Crippen molar-refractivity contribution in [3.05, 3.63) is 58.5 Å². The van der Waals surface area contributed by atoms with Crippen LogP contribution in [0.3, 0.4) is 0 Å². The first-order valence-electron chi connectivity index (χ1n) is 20.3. The minimum atomic E-state index is -3.08. The maximum absolute atomic E-state index is 6.71. The molecule has 0 radical (unpaired) electrons. The van der Waals surface area contributed by atoms with Gasteiger partial charge in [-0.3, -0.25) is 0 Å². The average molecular weight is 885 g/mol. The largest absolute Gasteiger partial charge is 0.504 e. The number of thiazole rings is 2. The van der Waals surface area contributed by atoms with Gasteiger partial charge in [0.05, 0.1) is 30.4 Å². The Morgan fingerprint density at radius 3 is 1.11 bits per heavy atom. The van der Waals surface area contributed by atoms with Gasteiger partial charge in [-0.2, -0.15) is 0 Å². The molecule has 2 aromatic carbocycles. The summed E-state index contributed by atoms with van der Waals surface area (Å²) in [5.41, 5.74) is 2.14. The maximum Gasteiger partial charge on any atom is 0.504 e. The van der Waals surface area contributed by atoms with E-state index in [4.69, 9.17) is 36.5 Å². The van der Waals surface area contributed by atoms with E-state index in [0.717, 1.165) is 71.1 Å². The lowest BCUT2D eigenvalue weighted by atomic mass is 10.1. The predicted molar refractivity (Wildman–Crippen MR) is 245 cm³/mol. The van der Waals surface area contributed by atoms with Crippen molar-refractivity contribution in [1.29, 1.82) is 0 Å². The van der Waals surface area contributed by atoms with Gasteiger partial charge in [0.1, 0.15) is 0 Å². The maximum atomic E-state index is 6.71. The first kappa shape index (κ1) is 47.1. The van der Waals surface area contributed by atoms with Crippen molar-refractivity contribution in [3.8, 4) is 0 Å². The molecule has 15 heteroatoms. The molecule has 0 N–H and O–H groups in total. The summed E-state index contributed by atoms with van der Waals surface area (Å²) < 4.78 is 42.7. The summed E-state index contributed by atoms with van der Waals surface area (Å²) in [5.74, 6) is 1.90. The minimum Gasteiger partial charge on any atom is -0.373 e. The van der Waals surface area contributed by atoms with Crippen LogP contribution in [0.5, 0.6) is 0 Å². The van der Waals surface area contributed by atoms with E-state index < -0.39 is 17.6 Å². The number of nitrogens with zero attached hydrogens (tertiary/aromatic N) is 2. The summed E-state index contributed by atoms with van der Waals surface area (Å²) >= 11 is 3.57. The monoisotopic (exact) mass is 884 g/mol. The van der Waals surface area contributed by atoms with Gasteiger partial charge in [-0.25, -0.2) is 9.97 Å². The van der Waals surface area contributed by atoms with Crippen LogP contribution in [0.4, 0.5) is 0 Å². The highest BCUT2D eigenvalue weighted by atomic mass is 33.5. The fourth-order valence-corrected chi connectivity index (χ4v) is 20.3. The number of fused-ring (bicyclic) bond motifs is 2. The highest BCUT2D eigenvalue weighted by Crippen LogP contribution is 2.50. The van der Waals surface area contributed by atoms with Crippen LogP contribution in [-0.2, 0) is 26.6 Å². The summed E-state index contributed by atoms with van der Waals surface area (Å²) in [7, 11) is -0.535. The van der Waals surface area contributed by atoms with Crippen molar-refractivity contribution in [2.24, 2.45) is 0 Å². The number of hydrogen-bond acceptors (Lipinski definition) is 13. The lowest BCUT2D eigenvalue weighted by molar-refractivity contribution is 0.0482. The first-order valence-corrected chi connectivity index (χ1v) is 29.3. The second kappa shape index (κ2) is 25.2. The lowest BCUT2D eigenvalue weighted by Crippen LogP contribution is -2.52. The van der Waals surface area contributed by atoms with E-state index >= 15 is 0 Å². The van der Waals surface area contributed by atoms with Crippen LogP contribution in [0, 0.1) is 0 Å². The third-order valence-electron chi connectivity index (χ3n) is 9.21. The van der Waals surface area contributed by atoms with Crippen LogP contribution < -0.4 is 0 Å². The Morgan fingerprint density at radius 1 is 0.509 bits per heavy atom. The summed E-state index contributed by atoms with van der Waals surface area (Å²) in [6.45, 7) is 21.2. The molecule has 2 heterocycles. The molecule has 0 spiro atoms. The summed E-state index contributed by atoms with van der Waals surface area (Å²) in [4.78, 5) is 10.4. The molecule has 0 aliphatic carbocycles. The molecule has 8 nitrogen and oxygen atoms in total. The van der Waals surface area contributed by atoms with Gasteiger partial charge in [0.2, 0.25) is 0 Å². The molecule has 55 heavy (non-hydrogen) atoms. The molecule has 308 valence electrons. The van der Waals surface area contributed by atoms with E-state index in [-0.39, 0.29) is 22.9 Å². The van der Waals surface area contributed by atoms with Crippen molar-refractivity contribution in [1.82, 2.24) is 9.97 Å². The fraction of sp³-hybridized carbons (Fsp3) is 0.650. The van der Waals surface area contributed by atoms with Crippen molar-refractivity contribution >= 4 is 92.1 Å². The molecule has 0 fully saturated rings. The third kappa shape index (κ3) is 13.2. The van der Waals surface area contributed by atoms with Crippen molar-refractivity contribution < 1.29 is 26.6 Å². The number of benzene rings is 2. The van der Waals surface area contributed by atoms with E-state index in [0.29, 0.717) is 39.6 Å². The summed E-state index contributed by atoms with van der Waals surface area (Å²) in [6, 6.07) is 16.9. The van der Waals surface area contributed by atoms with E-state index in [1.54, 1.807) is 22.7 Å². The van der Waals surface area contributed by atoms with E-state index in [1.165, 1.54) is 9.40 Å². The zero-order valence-corrected chi connectivity index (χ0v) is 40.3. The van der Waals surface area contributed by atoms with Gasteiger partial charge in [0.25, 0.3) is 0 Å². The van der Waals surface area contributed by atoms with Gasteiger partial charge in [-0.1, -0.05) is 101 Å². The molecule has 0 saturated carbocycles. The molecular weight excluding hydrogens is 821 g/mol. The zero-order valence-electron chi connectivity index (χ0n) is 34.2. The molecule has 0 saturated heterocycles. The fourth-order valence-electron chi connectivity index (χ4n) is 6.19. The molecule has 4 unspecified atom stereocenters. The van der Waals surface area contributed by atoms with Crippen LogP contribution in [0.25, 0.3) is 20.4 Å². The summed E-state index contributed by atoms with van der Waals surface area (Å²) in [6.07, 6.45) is 5.47. The van der Waals surface area contributed by atoms with Gasteiger partial charge < -0.3 is 26.6 Å². The van der Waals surface area contributed by atoms with Crippen LogP contribution in [0.1, 0.15) is 116 Å². The van der Waals surface area contributed by atoms with E-state index in [2.05, 4.69) is 104 Å². The minimum absolute atomic E-state index is 0.0279. The number of rotatable bonds is 30. The third-order valence-corrected chi connectivity index (χ3v) is 22.5. The van der Waals surface area contributed by atoms with Gasteiger partial charge >= 0.3 is 17.6 Å². The first-order chi connectivity index (χ1) is 26.8.